The second kappa shape index (κ2) is 6.29. The van der Waals surface area contributed by atoms with E-state index in [0.717, 1.165) is 16.9 Å². The number of hydrogen-bond donors (Lipinski definition) is 0. The molecule has 1 aromatic heterocycles. The van der Waals surface area contributed by atoms with Crippen LogP contribution in [0.4, 0.5) is 0 Å². The van der Waals surface area contributed by atoms with Gasteiger partial charge in [-0.3, -0.25) is 4.79 Å². The number of nitrogens with zero attached hydrogens (tertiary/aromatic N) is 2. The zero-order valence-corrected chi connectivity index (χ0v) is 12.5. The molecular formula is C17H22N2O2. The van der Waals surface area contributed by atoms with Crippen molar-refractivity contribution in [2.45, 2.75) is 51.5 Å². The van der Waals surface area contributed by atoms with Crippen molar-refractivity contribution in [3.8, 4) is 0 Å². The molecule has 0 saturated heterocycles. The fourth-order valence-corrected chi connectivity index (χ4v) is 3.27. The van der Waals surface area contributed by atoms with E-state index < -0.39 is 0 Å². The van der Waals surface area contributed by atoms with E-state index in [1.165, 1.54) is 32.1 Å². The molecule has 0 atom stereocenters. The van der Waals surface area contributed by atoms with Gasteiger partial charge in [0.05, 0.1) is 17.6 Å². The van der Waals surface area contributed by atoms with Crippen LogP contribution >= 0.6 is 0 Å². The summed E-state index contributed by atoms with van der Waals surface area (Å²) in [6.07, 6.45) is 6.17. The predicted molar refractivity (Wildman–Crippen MR) is 82.2 cm³/mol. The van der Waals surface area contributed by atoms with Gasteiger partial charge in [-0.05, 0) is 31.9 Å². The van der Waals surface area contributed by atoms with E-state index in [1.54, 1.807) is 0 Å². The first-order chi connectivity index (χ1) is 10.3. The van der Waals surface area contributed by atoms with E-state index >= 15 is 0 Å². The molecular weight excluding hydrogens is 264 g/mol. The third kappa shape index (κ3) is 2.94. The number of imidazole rings is 1. The summed E-state index contributed by atoms with van der Waals surface area (Å²) in [4.78, 5) is 16.7. The zero-order valence-electron chi connectivity index (χ0n) is 12.5. The SMILES string of the molecule is CCOC(=O)Cn1c(C2CCCCC2)nc2ccccc21. The minimum atomic E-state index is -0.183. The predicted octanol–water partition coefficient (Wildman–Crippen LogP) is 3.65. The van der Waals surface area contributed by atoms with Crippen LogP contribution < -0.4 is 0 Å². The second-order valence-electron chi connectivity index (χ2n) is 5.68. The highest BCUT2D eigenvalue weighted by molar-refractivity contribution is 5.79. The molecule has 0 N–H and O–H groups in total. The maximum Gasteiger partial charge on any atom is 0.326 e. The number of carbonyl (C=O) groups excluding carboxylic acids is 1. The van der Waals surface area contributed by atoms with Crippen LogP contribution in [0.3, 0.4) is 0 Å². The average molecular weight is 286 g/mol. The van der Waals surface area contributed by atoms with Crippen LogP contribution in [-0.2, 0) is 16.1 Å². The summed E-state index contributed by atoms with van der Waals surface area (Å²) in [7, 11) is 0. The molecule has 21 heavy (non-hydrogen) atoms. The van der Waals surface area contributed by atoms with E-state index in [2.05, 4.69) is 4.57 Å². The number of carbonyl (C=O) groups is 1. The molecule has 1 fully saturated rings. The number of fused-ring (bicyclic) bond motifs is 1. The Balaban J connectivity index is 1.98. The number of esters is 1. The fraction of sp³-hybridized carbons (Fsp3) is 0.529. The van der Waals surface area contributed by atoms with Gasteiger partial charge in [-0.2, -0.15) is 0 Å². The van der Waals surface area contributed by atoms with Gasteiger partial charge in [0.2, 0.25) is 0 Å². The van der Waals surface area contributed by atoms with Gasteiger partial charge in [0.15, 0.2) is 0 Å². The van der Waals surface area contributed by atoms with E-state index in [1.807, 2.05) is 31.2 Å². The van der Waals surface area contributed by atoms with Gasteiger partial charge in [0.1, 0.15) is 12.4 Å². The highest BCUT2D eigenvalue weighted by Crippen LogP contribution is 2.33. The van der Waals surface area contributed by atoms with Crippen LogP contribution in [0, 0.1) is 0 Å². The van der Waals surface area contributed by atoms with Gasteiger partial charge < -0.3 is 9.30 Å². The largest absolute Gasteiger partial charge is 0.465 e. The first-order valence-electron chi connectivity index (χ1n) is 7.90. The summed E-state index contributed by atoms with van der Waals surface area (Å²) in [6, 6.07) is 8.04. The summed E-state index contributed by atoms with van der Waals surface area (Å²) < 4.78 is 7.18. The summed E-state index contributed by atoms with van der Waals surface area (Å²) in [6.45, 7) is 2.52. The molecule has 1 aliphatic carbocycles. The standard InChI is InChI=1S/C17H22N2O2/c1-2-21-16(20)12-19-15-11-7-6-10-14(15)18-17(19)13-8-4-3-5-9-13/h6-7,10-11,13H,2-5,8-9,12H2,1H3. The van der Waals surface area contributed by atoms with Crippen molar-refractivity contribution in [3.05, 3.63) is 30.1 Å². The summed E-state index contributed by atoms with van der Waals surface area (Å²) >= 11 is 0. The van der Waals surface area contributed by atoms with Gasteiger partial charge in [0, 0.05) is 5.92 Å². The molecule has 1 heterocycles. The third-order valence-electron chi connectivity index (χ3n) is 4.25. The third-order valence-corrected chi connectivity index (χ3v) is 4.25. The van der Waals surface area contributed by atoms with Crippen molar-refractivity contribution in [2.24, 2.45) is 0 Å². The fourth-order valence-electron chi connectivity index (χ4n) is 3.27. The second-order valence-corrected chi connectivity index (χ2v) is 5.68. The Morgan fingerprint density at radius 1 is 1.29 bits per heavy atom. The molecule has 0 spiro atoms. The molecule has 4 nitrogen and oxygen atoms in total. The lowest BCUT2D eigenvalue weighted by molar-refractivity contribution is -0.143. The number of hydrogen-bond acceptors (Lipinski definition) is 3. The molecule has 3 rings (SSSR count). The van der Waals surface area contributed by atoms with Crippen LogP contribution in [0.25, 0.3) is 11.0 Å². The number of rotatable bonds is 4. The Labute approximate surface area is 125 Å². The maximum atomic E-state index is 11.9. The normalized spacial score (nSPS) is 16.2. The number of aromatic nitrogens is 2. The molecule has 0 aliphatic heterocycles. The van der Waals surface area contributed by atoms with E-state index in [0.29, 0.717) is 12.5 Å². The molecule has 0 radical (unpaired) electrons. The smallest absolute Gasteiger partial charge is 0.326 e. The molecule has 0 unspecified atom stereocenters. The van der Waals surface area contributed by atoms with Crippen molar-refractivity contribution in [3.63, 3.8) is 0 Å². The van der Waals surface area contributed by atoms with Crippen LogP contribution in [0.15, 0.2) is 24.3 Å². The van der Waals surface area contributed by atoms with Crippen LogP contribution in [0.1, 0.15) is 50.8 Å². The Bertz CT molecular complexity index is 627. The quantitative estimate of drug-likeness (QED) is 0.806. The average Bonchev–Trinajstić information content (AvgIpc) is 2.87. The minimum absolute atomic E-state index is 0.183. The summed E-state index contributed by atoms with van der Waals surface area (Å²) in [5.74, 6) is 1.35. The van der Waals surface area contributed by atoms with Crippen LogP contribution in [0.5, 0.6) is 0 Å². The van der Waals surface area contributed by atoms with Crippen molar-refractivity contribution in [1.29, 1.82) is 0 Å². The topological polar surface area (TPSA) is 44.1 Å². The Hall–Kier alpha value is -1.84. The number of benzene rings is 1. The van der Waals surface area contributed by atoms with Gasteiger partial charge in [-0.25, -0.2) is 4.98 Å². The van der Waals surface area contributed by atoms with Gasteiger partial charge in [0.25, 0.3) is 0 Å². The summed E-state index contributed by atoms with van der Waals surface area (Å²) in [5, 5.41) is 0. The Morgan fingerprint density at radius 2 is 2.05 bits per heavy atom. The first-order valence-corrected chi connectivity index (χ1v) is 7.90. The molecule has 1 saturated carbocycles. The van der Waals surface area contributed by atoms with Gasteiger partial charge in [-0.1, -0.05) is 31.4 Å². The molecule has 1 aliphatic rings. The van der Waals surface area contributed by atoms with Crippen molar-refractivity contribution in [2.75, 3.05) is 6.61 Å². The van der Waals surface area contributed by atoms with Gasteiger partial charge in [-0.15, -0.1) is 0 Å². The van der Waals surface area contributed by atoms with E-state index in [9.17, 15) is 4.79 Å². The number of ether oxygens (including phenoxy) is 1. The molecule has 0 amide bonds. The van der Waals surface area contributed by atoms with Crippen LogP contribution in [0.2, 0.25) is 0 Å². The lowest BCUT2D eigenvalue weighted by atomic mass is 9.88. The van der Waals surface area contributed by atoms with E-state index in [4.69, 9.17) is 9.72 Å². The molecule has 2 aromatic rings. The molecule has 112 valence electrons. The molecule has 0 bridgehead atoms. The lowest BCUT2D eigenvalue weighted by Gasteiger charge is -2.22. The highest BCUT2D eigenvalue weighted by atomic mass is 16.5. The van der Waals surface area contributed by atoms with Crippen molar-refractivity contribution in [1.82, 2.24) is 9.55 Å². The Kier molecular flexibility index (Phi) is 4.23. The lowest BCUT2D eigenvalue weighted by Crippen LogP contribution is -2.18. The zero-order chi connectivity index (χ0) is 14.7. The van der Waals surface area contributed by atoms with E-state index in [-0.39, 0.29) is 12.5 Å². The monoisotopic (exact) mass is 286 g/mol. The summed E-state index contributed by atoms with van der Waals surface area (Å²) in [5.41, 5.74) is 2.01. The van der Waals surface area contributed by atoms with Crippen LogP contribution in [-0.4, -0.2) is 22.1 Å². The highest BCUT2D eigenvalue weighted by Gasteiger charge is 2.23. The van der Waals surface area contributed by atoms with Crippen molar-refractivity contribution < 1.29 is 9.53 Å². The maximum absolute atomic E-state index is 11.9. The minimum Gasteiger partial charge on any atom is -0.465 e. The first kappa shape index (κ1) is 14.1. The number of para-hydroxylation sites is 2. The molecule has 4 heteroatoms. The van der Waals surface area contributed by atoms with Gasteiger partial charge >= 0.3 is 5.97 Å². The Morgan fingerprint density at radius 3 is 2.81 bits per heavy atom. The van der Waals surface area contributed by atoms with Crippen molar-refractivity contribution >= 4 is 17.0 Å². The molecule has 1 aromatic carbocycles.